The Bertz CT molecular complexity index is 624. The first kappa shape index (κ1) is 13.8. The first-order valence-corrected chi connectivity index (χ1v) is 6.17. The minimum atomic E-state index is -0.306. The molecule has 20 heavy (non-hydrogen) atoms. The van der Waals surface area contributed by atoms with Crippen LogP contribution < -0.4 is 5.32 Å². The third-order valence-electron chi connectivity index (χ3n) is 2.51. The zero-order valence-electron chi connectivity index (χ0n) is 10.8. The maximum atomic E-state index is 11.7. The van der Waals surface area contributed by atoms with Gasteiger partial charge in [0.15, 0.2) is 0 Å². The van der Waals surface area contributed by atoms with Crippen molar-refractivity contribution in [2.24, 2.45) is 0 Å². The number of carbonyl (C=O) groups is 1. The van der Waals surface area contributed by atoms with E-state index in [1.807, 2.05) is 24.3 Å². The summed E-state index contributed by atoms with van der Waals surface area (Å²) >= 11 is 0. The number of hydrogen-bond donors (Lipinski definition) is 2. The van der Waals surface area contributed by atoms with Crippen molar-refractivity contribution in [3.63, 3.8) is 0 Å². The van der Waals surface area contributed by atoms with Gasteiger partial charge in [-0.1, -0.05) is 29.1 Å². The van der Waals surface area contributed by atoms with E-state index in [-0.39, 0.29) is 18.3 Å². The molecule has 2 aromatic rings. The van der Waals surface area contributed by atoms with Gasteiger partial charge in [-0.2, -0.15) is 0 Å². The van der Waals surface area contributed by atoms with Crippen LogP contribution in [0.15, 0.2) is 41.1 Å². The highest BCUT2D eigenvalue weighted by atomic mass is 16.5. The highest BCUT2D eigenvalue weighted by Crippen LogP contribution is 2.05. The Kier molecular flexibility index (Phi) is 4.93. The summed E-state index contributed by atoms with van der Waals surface area (Å²) in [6.07, 6.45) is 1.87. The number of hydrogen-bond acceptors (Lipinski definition) is 4. The van der Waals surface area contributed by atoms with Crippen molar-refractivity contribution >= 4 is 5.91 Å². The summed E-state index contributed by atoms with van der Waals surface area (Å²) in [5.41, 5.74) is 1.79. The van der Waals surface area contributed by atoms with Crippen LogP contribution in [0.25, 0.3) is 0 Å². The van der Waals surface area contributed by atoms with E-state index in [1.165, 1.54) is 12.3 Å². The van der Waals surface area contributed by atoms with Crippen LogP contribution in [0.1, 0.15) is 28.1 Å². The minimum absolute atomic E-state index is 0.0555. The molecule has 0 aliphatic heterocycles. The van der Waals surface area contributed by atoms with Gasteiger partial charge in [-0.15, -0.1) is 0 Å². The number of carbonyl (C=O) groups excluding carboxylic acids is 1. The molecule has 0 fully saturated rings. The molecule has 1 amide bonds. The fourth-order valence-corrected chi connectivity index (χ4v) is 1.58. The molecule has 0 unspecified atom stereocenters. The van der Waals surface area contributed by atoms with Crippen molar-refractivity contribution in [2.45, 2.75) is 13.0 Å². The second kappa shape index (κ2) is 7.12. The van der Waals surface area contributed by atoms with Gasteiger partial charge in [-0.25, -0.2) is 0 Å². The first-order chi connectivity index (χ1) is 9.79. The lowest BCUT2D eigenvalue weighted by atomic mass is 10.1. The number of nitrogens with one attached hydrogen (secondary N) is 1. The molecule has 2 rings (SSSR count). The lowest BCUT2D eigenvalue weighted by Crippen LogP contribution is -2.22. The highest BCUT2D eigenvalue weighted by Gasteiger charge is 2.08. The summed E-state index contributed by atoms with van der Waals surface area (Å²) in [7, 11) is 0. The van der Waals surface area contributed by atoms with Crippen molar-refractivity contribution in [1.29, 1.82) is 0 Å². The van der Waals surface area contributed by atoms with Gasteiger partial charge in [0.05, 0.1) is 12.8 Å². The molecule has 1 aromatic carbocycles. The van der Waals surface area contributed by atoms with Gasteiger partial charge >= 0.3 is 0 Å². The Morgan fingerprint density at radius 2 is 2.30 bits per heavy atom. The molecule has 0 aliphatic rings. The van der Waals surface area contributed by atoms with E-state index in [9.17, 15) is 4.79 Å². The van der Waals surface area contributed by atoms with Crippen LogP contribution in [0.5, 0.6) is 0 Å². The van der Waals surface area contributed by atoms with Crippen LogP contribution in [0.3, 0.4) is 0 Å². The van der Waals surface area contributed by atoms with Gasteiger partial charge in [0.2, 0.25) is 5.76 Å². The Hall–Kier alpha value is -2.58. The number of rotatable bonds is 4. The molecule has 102 valence electrons. The van der Waals surface area contributed by atoms with Crippen LogP contribution in [-0.4, -0.2) is 22.8 Å². The normalized spacial score (nSPS) is 9.65. The molecule has 0 saturated heterocycles. The van der Waals surface area contributed by atoms with Crippen LogP contribution >= 0.6 is 0 Å². The Labute approximate surface area is 116 Å². The zero-order valence-corrected chi connectivity index (χ0v) is 10.8. The van der Waals surface area contributed by atoms with Gasteiger partial charge in [-0.05, 0) is 17.7 Å². The van der Waals surface area contributed by atoms with Crippen LogP contribution in [0.2, 0.25) is 0 Å². The topological polar surface area (TPSA) is 75.4 Å². The van der Waals surface area contributed by atoms with E-state index in [4.69, 9.17) is 9.63 Å². The maximum Gasteiger partial charge on any atom is 0.290 e. The van der Waals surface area contributed by atoms with E-state index >= 15 is 0 Å². The average molecular weight is 270 g/mol. The number of aromatic nitrogens is 1. The van der Waals surface area contributed by atoms with E-state index < -0.39 is 0 Å². The molecule has 2 N–H and O–H groups in total. The number of benzene rings is 1. The van der Waals surface area contributed by atoms with Gasteiger partial charge in [0, 0.05) is 24.6 Å². The molecule has 0 bridgehead atoms. The quantitative estimate of drug-likeness (QED) is 0.822. The van der Waals surface area contributed by atoms with Crippen molar-refractivity contribution in [3.05, 3.63) is 53.4 Å². The van der Waals surface area contributed by atoms with E-state index in [2.05, 4.69) is 22.3 Å². The molecule has 0 radical (unpaired) electrons. The van der Waals surface area contributed by atoms with Crippen LogP contribution in [0.4, 0.5) is 0 Å². The van der Waals surface area contributed by atoms with E-state index in [0.29, 0.717) is 13.0 Å². The number of amides is 1. The standard InChI is InChI=1S/C15H14N2O3/c18-9-2-1-4-12-5-3-6-13(10-12)11-16-15(19)14-7-8-17-20-14/h3,5-8,10,18H,2,9,11H2,(H,16,19). The number of nitrogens with zero attached hydrogens (tertiary/aromatic N) is 1. The summed E-state index contributed by atoms with van der Waals surface area (Å²) in [5.74, 6) is 5.68. The molecule has 5 nitrogen and oxygen atoms in total. The molecule has 1 aromatic heterocycles. The SMILES string of the molecule is O=C(NCc1cccc(C#CCCO)c1)c1ccno1. The summed E-state index contributed by atoms with van der Waals surface area (Å²) < 4.78 is 4.76. The lowest BCUT2D eigenvalue weighted by molar-refractivity contribution is 0.0914. The summed E-state index contributed by atoms with van der Waals surface area (Å²) in [4.78, 5) is 11.7. The average Bonchev–Trinajstić information content (AvgIpc) is 3.00. The number of aliphatic hydroxyl groups excluding tert-OH is 1. The van der Waals surface area contributed by atoms with E-state index in [1.54, 1.807) is 0 Å². The van der Waals surface area contributed by atoms with Gasteiger partial charge in [-0.3, -0.25) is 4.79 Å². The lowest BCUT2D eigenvalue weighted by Gasteiger charge is -2.03. The second-order valence-electron chi connectivity index (χ2n) is 4.04. The van der Waals surface area contributed by atoms with Gasteiger partial charge < -0.3 is 14.9 Å². The molecular formula is C15H14N2O3. The Morgan fingerprint density at radius 3 is 3.05 bits per heavy atom. The zero-order chi connectivity index (χ0) is 14.2. The van der Waals surface area contributed by atoms with Crippen LogP contribution in [-0.2, 0) is 6.54 Å². The fraction of sp³-hybridized carbons (Fsp3) is 0.200. The fourth-order valence-electron chi connectivity index (χ4n) is 1.58. The van der Waals surface area contributed by atoms with Crippen molar-refractivity contribution in [1.82, 2.24) is 10.5 Å². The largest absolute Gasteiger partial charge is 0.395 e. The third kappa shape index (κ3) is 3.97. The van der Waals surface area contributed by atoms with Crippen LogP contribution in [0, 0.1) is 11.8 Å². The van der Waals surface area contributed by atoms with Gasteiger partial charge in [0.25, 0.3) is 5.91 Å². The molecular weight excluding hydrogens is 256 g/mol. The molecule has 0 saturated carbocycles. The first-order valence-electron chi connectivity index (χ1n) is 6.17. The Morgan fingerprint density at radius 1 is 1.40 bits per heavy atom. The van der Waals surface area contributed by atoms with Gasteiger partial charge in [0.1, 0.15) is 0 Å². The molecule has 0 aliphatic carbocycles. The predicted octanol–water partition coefficient (Wildman–Crippen LogP) is 1.34. The Balaban J connectivity index is 1.95. The van der Waals surface area contributed by atoms with Crippen molar-refractivity contribution in [2.75, 3.05) is 6.61 Å². The smallest absolute Gasteiger partial charge is 0.290 e. The minimum Gasteiger partial charge on any atom is -0.395 e. The van der Waals surface area contributed by atoms with Crippen molar-refractivity contribution in [3.8, 4) is 11.8 Å². The second-order valence-corrected chi connectivity index (χ2v) is 4.04. The molecule has 5 heteroatoms. The highest BCUT2D eigenvalue weighted by molar-refractivity contribution is 5.91. The third-order valence-corrected chi connectivity index (χ3v) is 2.51. The maximum absolute atomic E-state index is 11.7. The molecule has 1 heterocycles. The van der Waals surface area contributed by atoms with E-state index in [0.717, 1.165) is 11.1 Å². The van der Waals surface area contributed by atoms with Crippen molar-refractivity contribution < 1.29 is 14.4 Å². The summed E-state index contributed by atoms with van der Waals surface area (Å²) in [6, 6.07) is 9.06. The molecule has 0 spiro atoms. The summed E-state index contributed by atoms with van der Waals surface area (Å²) in [6.45, 7) is 0.439. The summed E-state index contributed by atoms with van der Waals surface area (Å²) in [5, 5.41) is 14.9. The molecule has 0 atom stereocenters. The number of aliphatic hydroxyl groups is 1. The predicted molar refractivity (Wildman–Crippen MR) is 72.7 cm³/mol. The monoisotopic (exact) mass is 270 g/mol.